The van der Waals surface area contributed by atoms with E-state index in [2.05, 4.69) is 0 Å². The first kappa shape index (κ1) is 12.9. The average molecular weight is 255 g/mol. The summed E-state index contributed by atoms with van der Waals surface area (Å²) in [5, 5.41) is 10.5. The van der Waals surface area contributed by atoms with Crippen LogP contribution in [0.4, 0.5) is 0 Å². The monoisotopic (exact) mass is 255 g/mol. The summed E-state index contributed by atoms with van der Waals surface area (Å²) in [4.78, 5) is 11.2. The lowest BCUT2D eigenvalue weighted by molar-refractivity contribution is -0.131. The summed E-state index contributed by atoms with van der Waals surface area (Å²) in [5.41, 5.74) is 0. The summed E-state index contributed by atoms with van der Waals surface area (Å²) in [6, 6.07) is 13.1. The van der Waals surface area contributed by atoms with Crippen molar-refractivity contribution >= 4 is 16.7 Å². The maximum absolute atomic E-state index is 11.2. The molecule has 0 saturated carbocycles. The normalized spacial score (nSPS) is 11.6. The number of ether oxygens (including phenoxy) is 2. The van der Waals surface area contributed by atoms with Gasteiger partial charge in [-0.25, -0.2) is 0 Å². The lowest BCUT2D eigenvalue weighted by Crippen LogP contribution is -2.11. The van der Waals surface area contributed by atoms with Gasteiger partial charge in [-0.1, -0.05) is 30.3 Å². The summed E-state index contributed by atoms with van der Waals surface area (Å²) in [5.74, 6) is 0.321. The van der Waals surface area contributed by atoms with Crippen LogP contribution in [-0.2, 0) is 4.79 Å². The topological polar surface area (TPSA) is 59.3 Å². The Labute approximate surface area is 111 Å². The van der Waals surface area contributed by atoms with Gasteiger partial charge in [0.05, 0.1) is 0 Å². The van der Waals surface area contributed by atoms with Crippen LogP contribution in [0.5, 0.6) is 11.5 Å². The Bertz CT molecular complexity index is 658. The molecular weight excluding hydrogens is 242 g/mol. The number of nitrogens with zero attached hydrogens (tertiary/aromatic N) is 1. The molecule has 0 heterocycles. The molecule has 0 radical (unpaired) electrons. The molecule has 0 N–H and O–H groups in total. The van der Waals surface area contributed by atoms with Crippen LogP contribution in [0.1, 0.15) is 13.8 Å². The van der Waals surface area contributed by atoms with E-state index in [-0.39, 0.29) is 0 Å². The fourth-order valence-corrected chi connectivity index (χ4v) is 1.78. The van der Waals surface area contributed by atoms with Crippen molar-refractivity contribution in [1.29, 1.82) is 5.26 Å². The van der Waals surface area contributed by atoms with Crippen molar-refractivity contribution < 1.29 is 14.3 Å². The lowest BCUT2D eigenvalue weighted by atomic mass is 10.1. The fraction of sp³-hybridized carbons (Fsp3) is 0.200. The van der Waals surface area contributed by atoms with E-state index < -0.39 is 12.1 Å². The minimum Gasteiger partial charge on any atom is -0.472 e. The van der Waals surface area contributed by atoms with Crippen LogP contribution in [-0.4, -0.2) is 12.1 Å². The van der Waals surface area contributed by atoms with Crippen LogP contribution in [0.2, 0.25) is 0 Å². The third-order valence-electron chi connectivity index (χ3n) is 2.57. The number of rotatable bonds is 3. The quantitative estimate of drug-likeness (QED) is 0.624. The SMILES string of the molecule is CC(=O)Oc1c(OC(C)C#N)ccc2ccccc12. The summed E-state index contributed by atoms with van der Waals surface area (Å²) in [6.07, 6.45) is -0.615. The zero-order valence-electron chi connectivity index (χ0n) is 10.7. The molecule has 2 aromatic carbocycles. The predicted octanol–water partition coefficient (Wildman–Crippen LogP) is 3.06. The number of hydrogen-bond acceptors (Lipinski definition) is 4. The highest BCUT2D eigenvalue weighted by molar-refractivity contribution is 5.92. The number of esters is 1. The number of hydrogen-bond donors (Lipinski definition) is 0. The molecule has 4 nitrogen and oxygen atoms in total. The van der Waals surface area contributed by atoms with Crippen molar-refractivity contribution in [3.8, 4) is 17.6 Å². The molecule has 19 heavy (non-hydrogen) atoms. The number of carbonyl (C=O) groups is 1. The zero-order valence-corrected chi connectivity index (χ0v) is 10.7. The van der Waals surface area contributed by atoms with Crippen molar-refractivity contribution in [3.63, 3.8) is 0 Å². The second-order valence-corrected chi connectivity index (χ2v) is 4.10. The van der Waals surface area contributed by atoms with E-state index in [0.29, 0.717) is 11.5 Å². The van der Waals surface area contributed by atoms with Crippen LogP contribution in [0.15, 0.2) is 36.4 Å². The van der Waals surface area contributed by atoms with Crippen molar-refractivity contribution in [1.82, 2.24) is 0 Å². The molecule has 4 heteroatoms. The Morgan fingerprint density at radius 3 is 2.68 bits per heavy atom. The van der Waals surface area contributed by atoms with Crippen LogP contribution in [0, 0.1) is 11.3 Å². The highest BCUT2D eigenvalue weighted by Gasteiger charge is 2.14. The van der Waals surface area contributed by atoms with E-state index in [1.165, 1.54) is 6.92 Å². The van der Waals surface area contributed by atoms with Crippen molar-refractivity contribution in [2.24, 2.45) is 0 Å². The summed E-state index contributed by atoms with van der Waals surface area (Å²) in [6.45, 7) is 2.96. The first-order chi connectivity index (χ1) is 9.11. The molecule has 0 bridgehead atoms. The Balaban J connectivity index is 2.56. The number of nitriles is 1. The zero-order chi connectivity index (χ0) is 13.8. The Morgan fingerprint density at radius 1 is 1.26 bits per heavy atom. The van der Waals surface area contributed by atoms with Crippen molar-refractivity contribution in [2.75, 3.05) is 0 Å². The van der Waals surface area contributed by atoms with Gasteiger partial charge in [0, 0.05) is 12.3 Å². The first-order valence-corrected chi connectivity index (χ1v) is 5.88. The molecular formula is C15H13NO3. The molecule has 0 aromatic heterocycles. The minimum absolute atomic E-state index is 0.354. The molecule has 1 atom stereocenters. The first-order valence-electron chi connectivity index (χ1n) is 5.88. The molecule has 2 aromatic rings. The molecule has 0 spiro atoms. The largest absolute Gasteiger partial charge is 0.472 e. The predicted molar refractivity (Wildman–Crippen MR) is 71.0 cm³/mol. The van der Waals surface area contributed by atoms with Crippen LogP contribution in [0.3, 0.4) is 0 Å². The van der Waals surface area contributed by atoms with E-state index in [1.54, 1.807) is 13.0 Å². The third-order valence-corrected chi connectivity index (χ3v) is 2.57. The van der Waals surface area contributed by atoms with Gasteiger partial charge in [-0.3, -0.25) is 4.79 Å². The number of benzene rings is 2. The Hall–Kier alpha value is -2.54. The standard InChI is InChI=1S/C15H13NO3/c1-10(9-16)18-14-8-7-12-5-3-4-6-13(12)15(14)19-11(2)17/h3-8,10H,1-2H3. The molecule has 0 fully saturated rings. The van der Waals surface area contributed by atoms with Gasteiger partial charge in [0.1, 0.15) is 6.07 Å². The summed E-state index contributed by atoms with van der Waals surface area (Å²) >= 11 is 0. The van der Waals surface area contributed by atoms with E-state index in [0.717, 1.165) is 10.8 Å². The maximum Gasteiger partial charge on any atom is 0.308 e. The smallest absolute Gasteiger partial charge is 0.308 e. The lowest BCUT2D eigenvalue weighted by Gasteiger charge is -2.14. The average Bonchev–Trinajstić information content (AvgIpc) is 2.40. The van der Waals surface area contributed by atoms with Gasteiger partial charge in [0.15, 0.2) is 17.6 Å². The van der Waals surface area contributed by atoms with Gasteiger partial charge in [0.2, 0.25) is 0 Å². The van der Waals surface area contributed by atoms with Gasteiger partial charge in [0.25, 0.3) is 0 Å². The van der Waals surface area contributed by atoms with E-state index in [9.17, 15) is 4.79 Å². The summed E-state index contributed by atoms with van der Waals surface area (Å²) in [7, 11) is 0. The van der Waals surface area contributed by atoms with Crippen molar-refractivity contribution in [2.45, 2.75) is 20.0 Å². The molecule has 0 saturated heterocycles. The number of fused-ring (bicyclic) bond motifs is 1. The van der Waals surface area contributed by atoms with Gasteiger partial charge < -0.3 is 9.47 Å². The van der Waals surface area contributed by atoms with Gasteiger partial charge in [-0.05, 0) is 18.4 Å². The fourth-order valence-electron chi connectivity index (χ4n) is 1.78. The molecule has 0 aliphatic carbocycles. The molecule has 1 unspecified atom stereocenters. The molecule has 2 rings (SSSR count). The summed E-state index contributed by atoms with van der Waals surface area (Å²) < 4.78 is 10.7. The van der Waals surface area contributed by atoms with Gasteiger partial charge in [-0.15, -0.1) is 0 Å². The molecule has 0 aliphatic rings. The molecule has 96 valence electrons. The minimum atomic E-state index is -0.615. The van der Waals surface area contributed by atoms with Gasteiger partial charge >= 0.3 is 5.97 Å². The third kappa shape index (κ3) is 2.83. The van der Waals surface area contributed by atoms with E-state index in [1.807, 2.05) is 36.4 Å². The van der Waals surface area contributed by atoms with E-state index in [4.69, 9.17) is 14.7 Å². The Morgan fingerprint density at radius 2 is 2.00 bits per heavy atom. The molecule has 0 aliphatic heterocycles. The van der Waals surface area contributed by atoms with Crippen LogP contribution < -0.4 is 9.47 Å². The maximum atomic E-state index is 11.2. The molecule has 0 amide bonds. The highest BCUT2D eigenvalue weighted by Crippen LogP contribution is 2.36. The highest BCUT2D eigenvalue weighted by atomic mass is 16.6. The Kier molecular flexibility index (Phi) is 3.67. The second-order valence-electron chi connectivity index (χ2n) is 4.10. The van der Waals surface area contributed by atoms with Crippen LogP contribution >= 0.6 is 0 Å². The van der Waals surface area contributed by atoms with Crippen molar-refractivity contribution in [3.05, 3.63) is 36.4 Å². The van der Waals surface area contributed by atoms with Gasteiger partial charge in [-0.2, -0.15) is 5.26 Å². The number of carbonyl (C=O) groups excluding carboxylic acids is 1. The second kappa shape index (κ2) is 5.40. The van der Waals surface area contributed by atoms with Crippen LogP contribution in [0.25, 0.3) is 10.8 Å². The van der Waals surface area contributed by atoms with E-state index >= 15 is 0 Å².